The number of aromatic nitrogens is 2. The minimum atomic E-state index is -4.25. The second kappa shape index (κ2) is 12.0. The average molecular weight is 423 g/mol. The Bertz CT molecular complexity index is 709. The fraction of sp³-hybridized carbons (Fsp3) is 0.565. The molecule has 2 aromatic heterocycles. The normalized spacial score (nSPS) is 16.1. The lowest BCUT2D eigenvalue weighted by Crippen LogP contribution is -2.41. The Morgan fingerprint density at radius 1 is 0.900 bits per heavy atom. The summed E-state index contributed by atoms with van der Waals surface area (Å²) >= 11 is 0. The number of likely N-dealkylation sites (N-methyl/N-ethyl adjacent to an activating group) is 1. The molecule has 0 aliphatic heterocycles. The van der Waals surface area contributed by atoms with E-state index in [1.165, 1.54) is 12.6 Å². The van der Waals surface area contributed by atoms with Crippen LogP contribution >= 0.6 is 0 Å². The van der Waals surface area contributed by atoms with Gasteiger partial charge in [0.15, 0.2) is 0 Å². The fourth-order valence-electron chi connectivity index (χ4n) is 4.05. The Morgan fingerprint density at radius 3 is 2.13 bits per heavy atom. The van der Waals surface area contributed by atoms with E-state index >= 15 is 0 Å². The van der Waals surface area contributed by atoms with E-state index in [0.29, 0.717) is 12.3 Å². The van der Waals surface area contributed by atoms with E-state index in [4.69, 9.17) is 0 Å². The van der Waals surface area contributed by atoms with Crippen LogP contribution in [0.5, 0.6) is 0 Å². The summed E-state index contributed by atoms with van der Waals surface area (Å²) in [5.74, 6) is 0.423. The van der Waals surface area contributed by atoms with Crippen molar-refractivity contribution in [2.45, 2.75) is 63.2 Å². The van der Waals surface area contributed by atoms with Gasteiger partial charge in [-0.05, 0) is 75.4 Å². The van der Waals surface area contributed by atoms with Crippen LogP contribution < -0.4 is 10.6 Å². The van der Waals surface area contributed by atoms with Crippen LogP contribution in [-0.4, -0.2) is 42.3 Å². The largest absolute Gasteiger partial charge is 0.403 e. The lowest BCUT2D eigenvalue weighted by molar-refractivity contribution is -0.156. The van der Waals surface area contributed by atoms with Crippen LogP contribution in [0.2, 0.25) is 0 Å². The Hall–Kier alpha value is -1.99. The monoisotopic (exact) mass is 422 g/mol. The third kappa shape index (κ3) is 7.69. The maximum absolute atomic E-state index is 13.2. The first-order chi connectivity index (χ1) is 14.3. The van der Waals surface area contributed by atoms with Crippen molar-refractivity contribution < 1.29 is 13.2 Å². The summed E-state index contributed by atoms with van der Waals surface area (Å²) in [5, 5.41) is 5.77. The SMILES string of the molecule is CNC(CCC(C)Cc1cccnc1)C(CCC(NC)C(F)(F)F)c1cccnc1. The predicted molar refractivity (Wildman–Crippen MR) is 114 cm³/mol. The maximum atomic E-state index is 13.2. The van der Waals surface area contributed by atoms with E-state index in [1.54, 1.807) is 18.6 Å². The van der Waals surface area contributed by atoms with Crippen molar-refractivity contribution in [2.75, 3.05) is 14.1 Å². The molecule has 4 unspecified atom stereocenters. The molecule has 0 saturated heterocycles. The molecule has 2 N–H and O–H groups in total. The molecule has 0 amide bonds. The van der Waals surface area contributed by atoms with E-state index in [2.05, 4.69) is 33.6 Å². The molecule has 7 heteroatoms. The van der Waals surface area contributed by atoms with Crippen LogP contribution in [0.25, 0.3) is 0 Å². The molecule has 0 spiro atoms. The lowest BCUT2D eigenvalue weighted by atomic mass is 9.83. The molecule has 2 aromatic rings. The second-order valence-electron chi connectivity index (χ2n) is 8.00. The molecule has 0 saturated carbocycles. The first-order valence-corrected chi connectivity index (χ1v) is 10.5. The van der Waals surface area contributed by atoms with Crippen molar-refractivity contribution in [1.29, 1.82) is 0 Å². The highest BCUT2D eigenvalue weighted by Crippen LogP contribution is 2.32. The molecule has 4 nitrogen and oxygen atoms in total. The van der Waals surface area contributed by atoms with Gasteiger partial charge < -0.3 is 10.6 Å². The molecule has 0 aromatic carbocycles. The lowest BCUT2D eigenvalue weighted by Gasteiger charge is -2.30. The van der Waals surface area contributed by atoms with Gasteiger partial charge in [0, 0.05) is 36.7 Å². The quantitative estimate of drug-likeness (QED) is 0.519. The van der Waals surface area contributed by atoms with Crippen molar-refractivity contribution >= 4 is 0 Å². The number of pyridine rings is 2. The number of nitrogens with zero attached hydrogens (tertiary/aromatic N) is 2. The van der Waals surface area contributed by atoms with Crippen molar-refractivity contribution in [1.82, 2.24) is 20.6 Å². The van der Waals surface area contributed by atoms with Gasteiger partial charge in [-0.3, -0.25) is 9.97 Å². The zero-order valence-electron chi connectivity index (χ0n) is 18.0. The molecule has 2 heterocycles. The number of alkyl halides is 3. The standard InChI is InChI=1S/C23H33F3N4/c1-17(14-18-6-4-12-29-15-18)8-10-21(27-2)20(19-7-5-13-30-16-19)9-11-22(28-3)23(24,25)26/h4-7,12-13,15-17,20-22,27-28H,8-11,14H2,1-3H3. The number of halogens is 3. The molecule has 0 bridgehead atoms. The van der Waals surface area contributed by atoms with E-state index in [0.717, 1.165) is 24.8 Å². The third-order valence-electron chi connectivity index (χ3n) is 5.76. The van der Waals surface area contributed by atoms with Crippen molar-refractivity contribution in [3.05, 3.63) is 60.2 Å². The van der Waals surface area contributed by atoms with Crippen LogP contribution in [0.3, 0.4) is 0 Å². The summed E-state index contributed by atoms with van der Waals surface area (Å²) in [4.78, 5) is 8.37. The fourth-order valence-corrected chi connectivity index (χ4v) is 4.05. The zero-order valence-corrected chi connectivity index (χ0v) is 18.0. The molecule has 4 atom stereocenters. The summed E-state index contributed by atoms with van der Waals surface area (Å²) in [5.41, 5.74) is 2.19. The minimum Gasteiger partial charge on any atom is -0.316 e. The molecule has 30 heavy (non-hydrogen) atoms. The van der Waals surface area contributed by atoms with Gasteiger partial charge in [-0.2, -0.15) is 13.2 Å². The summed E-state index contributed by atoms with van der Waals surface area (Å²) in [6.45, 7) is 2.21. The maximum Gasteiger partial charge on any atom is 0.403 e. The van der Waals surface area contributed by atoms with Crippen molar-refractivity contribution in [2.24, 2.45) is 5.92 Å². The van der Waals surface area contributed by atoms with Gasteiger partial charge >= 0.3 is 6.18 Å². The Morgan fingerprint density at radius 2 is 1.60 bits per heavy atom. The molecule has 0 aliphatic carbocycles. The van der Waals surface area contributed by atoms with Gasteiger partial charge in [-0.15, -0.1) is 0 Å². The summed E-state index contributed by atoms with van der Waals surface area (Å²) in [6, 6.07) is 6.40. The third-order valence-corrected chi connectivity index (χ3v) is 5.76. The minimum absolute atomic E-state index is 0.0307. The molecule has 0 radical (unpaired) electrons. The van der Waals surface area contributed by atoms with Gasteiger partial charge in [0.1, 0.15) is 6.04 Å². The van der Waals surface area contributed by atoms with Crippen LogP contribution in [0.4, 0.5) is 13.2 Å². The number of rotatable bonds is 12. The van der Waals surface area contributed by atoms with Gasteiger partial charge in [0.2, 0.25) is 0 Å². The summed E-state index contributed by atoms with van der Waals surface area (Å²) < 4.78 is 39.7. The number of hydrogen-bond donors (Lipinski definition) is 2. The average Bonchev–Trinajstić information content (AvgIpc) is 2.73. The number of hydrogen-bond acceptors (Lipinski definition) is 4. The van der Waals surface area contributed by atoms with Crippen LogP contribution in [-0.2, 0) is 6.42 Å². The van der Waals surface area contributed by atoms with E-state index in [9.17, 15) is 13.2 Å². The molecule has 166 valence electrons. The topological polar surface area (TPSA) is 49.8 Å². The Kier molecular flexibility index (Phi) is 9.72. The van der Waals surface area contributed by atoms with Crippen LogP contribution in [0.15, 0.2) is 49.1 Å². The van der Waals surface area contributed by atoms with E-state index in [1.807, 2.05) is 31.4 Å². The number of nitrogens with one attached hydrogen (secondary N) is 2. The molecule has 0 aliphatic rings. The van der Waals surface area contributed by atoms with Crippen LogP contribution in [0, 0.1) is 5.92 Å². The zero-order chi connectivity index (χ0) is 22.0. The van der Waals surface area contributed by atoms with E-state index in [-0.39, 0.29) is 18.4 Å². The Balaban J connectivity index is 2.05. The first-order valence-electron chi connectivity index (χ1n) is 10.5. The highest BCUT2D eigenvalue weighted by atomic mass is 19.4. The summed E-state index contributed by atoms with van der Waals surface area (Å²) in [6.07, 6.45) is 6.14. The highest BCUT2D eigenvalue weighted by molar-refractivity contribution is 5.17. The van der Waals surface area contributed by atoms with Crippen molar-refractivity contribution in [3.63, 3.8) is 0 Å². The van der Waals surface area contributed by atoms with Gasteiger partial charge in [-0.25, -0.2) is 0 Å². The predicted octanol–water partition coefficient (Wildman–Crippen LogP) is 4.74. The van der Waals surface area contributed by atoms with Gasteiger partial charge in [0.25, 0.3) is 0 Å². The molecule has 0 fully saturated rings. The molecular formula is C23H33F3N4. The van der Waals surface area contributed by atoms with Crippen molar-refractivity contribution in [3.8, 4) is 0 Å². The highest BCUT2D eigenvalue weighted by Gasteiger charge is 2.39. The van der Waals surface area contributed by atoms with E-state index < -0.39 is 12.2 Å². The smallest absolute Gasteiger partial charge is 0.316 e. The van der Waals surface area contributed by atoms with Gasteiger partial charge in [-0.1, -0.05) is 19.1 Å². The van der Waals surface area contributed by atoms with Gasteiger partial charge in [0.05, 0.1) is 0 Å². The van der Waals surface area contributed by atoms with Crippen LogP contribution in [0.1, 0.15) is 49.7 Å². The molecular weight excluding hydrogens is 389 g/mol. The molecule has 2 rings (SSSR count). The second-order valence-corrected chi connectivity index (χ2v) is 8.00. The summed E-state index contributed by atoms with van der Waals surface area (Å²) in [7, 11) is 3.26. The Labute approximate surface area is 177 Å². The first kappa shape index (κ1) is 24.3.